The summed E-state index contributed by atoms with van der Waals surface area (Å²) in [5.74, 6) is -2.90. The van der Waals surface area contributed by atoms with Crippen molar-refractivity contribution in [3.05, 3.63) is 61.2 Å². The molecule has 0 unspecified atom stereocenters. The Kier molecular flexibility index (Phi) is 11.9. The van der Waals surface area contributed by atoms with Gasteiger partial charge in [0.05, 0.1) is 24.0 Å². The molecular formula is C38H55N3O7. The fourth-order valence-electron chi connectivity index (χ4n) is 8.32. The van der Waals surface area contributed by atoms with Gasteiger partial charge < -0.3 is 29.7 Å². The number of unbranched alkanes of at least 4 members (excludes halogenated alkanes) is 1. The summed E-state index contributed by atoms with van der Waals surface area (Å²) in [6.07, 6.45) is 6.22. The molecule has 6 atom stereocenters. The molecule has 3 amide bonds. The van der Waals surface area contributed by atoms with E-state index in [9.17, 15) is 24.3 Å². The summed E-state index contributed by atoms with van der Waals surface area (Å²) in [6, 6.07) is 7.72. The monoisotopic (exact) mass is 665 g/mol. The average molecular weight is 666 g/mol. The van der Waals surface area contributed by atoms with Gasteiger partial charge in [-0.1, -0.05) is 63.3 Å². The maximum atomic E-state index is 14.8. The summed E-state index contributed by atoms with van der Waals surface area (Å²) in [7, 11) is 0. The molecule has 3 aliphatic heterocycles. The number of nitrogens with one attached hydrogen (secondary N) is 1. The lowest BCUT2D eigenvalue weighted by atomic mass is 9.70. The number of esters is 1. The smallest absolute Gasteiger partial charge is 0.306 e. The number of nitrogens with zero attached hydrogens (tertiary/aromatic N) is 2. The summed E-state index contributed by atoms with van der Waals surface area (Å²) >= 11 is 0. The van der Waals surface area contributed by atoms with Crippen LogP contribution in [0.3, 0.4) is 0 Å². The van der Waals surface area contributed by atoms with Gasteiger partial charge in [0.1, 0.15) is 18.2 Å². The number of carbonyl (C=O) groups excluding carboxylic acids is 4. The first-order valence-electron chi connectivity index (χ1n) is 17.3. The molecule has 4 rings (SSSR count). The van der Waals surface area contributed by atoms with Crippen LogP contribution in [0, 0.1) is 17.3 Å². The van der Waals surface area contributed by atoms with E-state index in [-0.39, 0.29) is 49.3 Å². The fraction of sp³-hybridized carbons (Fsp3) is 0.632. The van der Waals surface area contributed by atoms with Crippen LogP contribution in [0.5, 0.6) is 0 Å². The Bertz CT molecular complexity index is 1340. The predicted octanol–water partition coefficient (Wildman–Crippen LogP) is 4.73. The van der Waals surface area contributed by atoms with Crippen LogP contribution in [-0.2, 0) is 28.7 Å². The van der Waals surface area contributed by atoms with E-state index >= 15 is 0 Å². The van der Waals surface area contributed by atoms with Crippen LogP contribution in [-0.4, -0.2) is 88.2 Å². The fourth-order valence-corrected chi connectivity index (χ4v) is 8.32. The summed E-state index contributed by atoms with van der Waals surface area (Å²) in [6.45, 7) is 18.5. The number of hydrogen-bond acceptors (Lipinski definition) is 7. The number of likely N-dealkylation sites (tertiary alicyclic amines) is 1. The minimum atomic E-state index is -1.16. The third-order valence-electron chi connectivity index (χ3n) is 9.90. The maximum absolute atomic E-state index is 14.8. The molecule has 48 heavy (non-hydrogen) atoms. The molecule has 1 aromatic carbocycles. The molecule has 1 spiro atoms. The number of benzene rings is 1. The van der Waals surface area contributed by atoms with Crippen molar-refractivity contribution in [2.24, 2.45) is 17.3 Å². The zero-order valence-electron chi connectivity index (χ0n) is 29.4. The molecule has 0 aromatic heterocycles. The number of rotatable bonds is 17. The number of ether oxygens (including phenoxy) is 2. The zero-order chi connectivity index (χ0) is 35.3. The van der Waals surface area contributed by atoms with Gasteiger partial charge in [-0.2, -0.15) is 0 Å². The number of fused-ring (bicyclic) bond motifs is 1. The van der Waals surface area contributed by atoms with E-state index in [1.54, 1.807) is 17.1 Å². The highest BCUT2D eigenvalue weighted by atomic mass is 16.5. The van der Waals surface area contributed by atoms with E-state index in [1.165, 1.54) is 0 Å². The van der Waals surface area contributed by atoms with E-state index < -0.39 is 47.1 Å². The van der Waals surface area contributed by atoms with Gasteiger partial charge in [-0.25, -0.2) is 0 Å². The van der Waals surface area contributed by atoms with Crippen molar-refractivity contribution in [2.75, 3.05) is 26.3 Å². The van der Waals surface area contributed by atoms with Crippen molar-refractivity contribution in [2.45, 2.75) is 109 Å². The Morgan fingerprint density at radius 3 is 2.48 bits per heavy atom. The highest BCUT2D eigenvalue weighted by molar-refractivity contribution is 5.99. The predicted molar refractivity (Wildman–Crippen MR) is 183 cm³/mol. The molecular weight excluding hydrogens is 610 g/mol. The largest absolute Gasteiger partial charge is 0.463 e. The van der Waals surface area contributed by atoms with E-state index in [0.717, 1.165) is 12.0 Å². The lowest BCUT2D eigenvalue weighted by Gasteiger charge is -2.45. The van der Waals surface area contributed by atoms with Gasteiger partial charge in [-0.3, -0.25) is 19.2 Å². The van der Waals surface area contributed by atoms with E-state index in [4.69, 9.17) is 9.47 Å². The van der Waals surface area contributed by atoms with Gasteiger partial charge >= 0.3 is 5.97 Å². The third-order valence-corrected chi connectivity index (χ3v) is 9.90. The SMILES string of the molecule is C=CCCC(=O)OC[C@@H](NC(=O)[C@@H]1[C@@H]2CC[C@]3(O2)[C@H](C(=O)N(CC=C)C(C)(C)CC(C)(C)C)N(CCCCO)C(=O)[C@@H]13)c1ccccc1. The van der Waals surface area contributed by atoms with Gasteiger partial charge in [-0.05, 0) is 63.4 Å². The maximum Gasteiger partial charge on any atom is 0.306 e. The summed E-state index contributed by atoms with van der Waals surface area (Å²) in [5.41, 5.74) is -1.02. The molecule has 10 heteroatoms. The van der Waals surface area contributed by atoms with Crippen LogP contribution in [0.1, 0.15) is 91.2 Å². The van der Waals surface area contributed by atoms with Crippen molar-refractivity contribution >= 4 is 23.7 Å². The molecule has 3 saturated heterocycles. The van der Waals surface area contributed by atoms with Crippen LogP contribution in [0.4, 0.5) is 0 Å². The highest BCUT2D eigenvalue weighted by Gasteiger charge is 2.74. The Morgan fingerprint density at radius 2 is 1.85 bits per heavy atom. The van der Waals surface area contributed by atoms with Crippen molar-refractivity contribution < 1.29 is 33.8 Å². The number of aliphatic hydroxyl groups excluding tert-OH is 1. The van der Waals surface area contributed by atoms with Gasteiger partial charge in [0.2, 0.25) is 17.7 Å². The molecule has 1 aromatic rings. The number of allylic oxidation sites excluding steroid dienone is 1. The standard InChI is InChI=1S/C38H55N3O7/c1-8-10-18-29(43)47-24-27(26-16-12-11-13-17-26)39-33(44)30-28-19-20-38(48-28)31(30)34(45)40(22-14-15-23-42)32(38)35(46)41(21-9-2)37(6,7)25-36(3,4)5/h8-9,11-13,16-17,27-28,30-32,42H,1-2,10,14-15,18-25H2,3-7H3,(H,39,44)/t27-,28+,30-,31-,32+,38-/m1/s1. The summed E-state index contributed by atoms with van der Waals surface area (Å²) < 4.78 is 12.2. The molecule has 0 radical (unpaired) electrons. The van der Waals surface area contributed by atoms with Gasteiger partial charge in [0.25, 0.3) is 0 Å². The van der Waals surface area contributed by atoms with Gasteiger partial charge in [0.15, 0.2) is 0 Å². The van der Waals surface area contributed by atoms with Crippen molar-refractivity contribution in [3.63, 3.8) is 0 Å². The minimum absolute atomic E-state index is 0.0287. The van der Waals surface area contributed by atoms with E-state index in [0.29, 0.717) is 38.6 Å². The third kappa shape index (κ3) is 7.86. The molecule has 10 nitrogen and oxygen atoms in total. The van der Waals surface area contributed by atoms with E-state index in [2.05, 4.69) is 39.2 Å². The zero-order valence-corrected chi connectivity index (χ0v) is 29.4. The Balaban J connectivity index is 1.66. The first-order chi connectivity index (χ1) is 22.7. The van der Waals surface area contributed by atoms with Gasteiger partial charge in [-0.15, -0.1) is 13.2 Å². The topological polar surface area (TPSA) is 125 Å². The van der Waals surface area contributed by atoms with Crippen LogP contribution in [0.15, 0.2) is 55.6 Å². The van der Waals surface area contributed by atoms with Crippen molar-refractivity contribution in [1.29, 1.82) is 0 Å². The summed E-state index contributed by atoms with van der Waals surface area (Å²) in [4.78, 5) is 59.4. The normalized spacial score (nSPS) is 25.4. The molecule has 2 bridgehead atoms. The average Bonchev–Trinajstić information content (AvgIpc) is 3.67. The molecule has 3 fully saturated rings. The minimum Gasteiger partial charge on any atom is -0.463 e. The quantitative estimate of drug-likeness (QED) is 0.140. The molecule has 3 heterocycles. The second-order valence-corrected chi connectivity index (χ2v) is 15.3. The Labute approximate surface area is 285 Å². The number of hydrogen-bond donors (Lipinski definition) is 2. The second kappa shape index (κ2) is 15.4. The molecule has 3 aliphatic rings. The number of amides is 3. The first kappa shape index (κ1) is 37.3. The lowest BCUT2D eigenvalue weighted by Crippen LogP contribution is -2.61. The number of aliphatic hydroxyl groups is 1. The van der Waals surface area contributed by atoms with Crippen LogP contribution in [0.2, 0.25) is 0 Å². The van der Waals surface area contributed by atoms with Crippen molar-refractivity contribution in [3.8, 4) is 0 Å². The molecule has 2 N–H and O–H groups in total. The first-order valence-corrected chi connectivity index (χ1v) is 17.3. The van der Waals surface area contributed by atoms with Gasteiger partial charge in [0, 0.05) is 31.7 Å². The molecule has 0 aliphatic carbocycles. The second-order valence-electron chi connectivity index (χ2n) is 15.3. The Hall–Kier alpha value is -3.50. The highest BCUT2D eigenvalue weighted by Crippen LogP contribution is 2.59. The lowest BCUT2D eigenvalue weighted by molar-refractivity contribution is -0.153. The summed E-state index contributed by atoms with van der Waals surface area (Å²) in [5, 5.41) is 12.6. The van der Waals surface area contributed by atoms with E-state index in [1.807, 2.05) is 49.1 Å². The Morgan fingerprint density at radius 1 is 1.15 bits per heavy atom. The van der Waals surface area contributed by atoms with Crippen molar-refractivity contribution in [1.82, 2.24) is 15.1 Å². The molecule has 264 valence electrons. The van der Waals surface area contributed by atoms with Crippen LogP contribution in [0.25, 0.3) is 0 Å². The number of carbonyl (C=O) groups is 4. The van der Waals surface area contributed by atoms with Crippen LogP contribution >= 0.6 is 0 Å². The molecule has 0 saturated carbocycles. The van der Waals surface area contributed by atoms with Crippen LogP contribution < -0.4 is 5.32 Å².